The number of aromatic nitrogens is 2. The molecule has 0 aliphatic carbocycles. The van der Waals surface area contributed by atoms with Crippen LogP contribution >= 0.6 is 0 Å². The Bertz CT molecular complexity index is 1030. The van der Waals surface area contributed by atoms with Crippen molar-refractivity contribution < 1.29 is 28.4 Å². The molecule has 0 unspecified atom stereocenters. The van der Waals surface area contributed by atoms with Crippen molar-refractivity contribution in [3.8, 4) is 17.2 Å². The van der Waals surface area contributed by atoms with Crippen molar-refractivity contribution in [3.63, 3.8) is 0 Å². The maximum atomic E-state index is 13.1. The molecule has 1 aliphatic rings. The lowest BCUT2D eigenvalue weighted by molar-refractivity contribution is -0.0646. The molecule has 1 N–H and O–H groups in total. The number of aliphatic hydroxyl groups is 1. The summed E-state index contributed by atoms with van der Waals surface area (Å²) >= 11 is 0. The number of nitrogens with zero attached hydrogens (tertiary/aromatic N) is 3. The number of hydrogen-bond donors (Lipinski definition) is 1. The van der Waals surface area contributed by atoms with E-state index in [1.54, 1.807) is 25.4 Å². The van der Waals surface area contributed by atoms with E-state index in [2.05, 4.69) is 10.00 Å². The fourth-order valence-corrected chi connectivity index (χ4v) is 3.84. The fourth-order valence-electron chi connectivity index (χ4n) is 3.84. The molecule has 9 heteroatoms. The molecule has 0 radical (unpaired) electrons. The lowest BCUT2D eigenvalue weighted by Crippen LogP contribution is -2.48. The summed E-state index contributed by atoms with van der Waals surface area (Å²) in [6.45, 7) is 3.48. The zero-order chi connectivity index (χ0) is 23.8. The molecular weight excluding hydrogens is 441 g/mol. The third kappa shape index (κ3) is 6.69. The minimum Gasteiger partial charge on any atom is -0.493 e. The lowest BCUT2D eigenvalue weighted by atomic mass is 10.1. The van der Waals surface area contributed by atoms with Crippen molar-refractivity contribution in [2.45, 2.75) is 18.7 Å². The van der Waals surface area contributed by atoms with Crippen molar-refractivity contribution in [1.82, 2.24) is 14.7 Å². The van der Waals surface area contributed by atoms with Gasteiger partial charge in [-0.25, -0.2) is 4.39 Å². The molecule has 0 bridgehead atoms. The molecule has 0 spiro atoms. The van der Waals surface area contributed by atoms with Crippen molar-refractivity contribution in [2.75, 3.05) is 46.6 Å². The number of hydrogen-bond acceptors (Lipinski definition) is 7. The topological polar surface area (TPSA) is 78.2 Å². The van der Waals surface area contributed by atoms with Crippen LogP contribution in [0, 0.1) is 5.82 Å². The highest BCUT2D eigenvalue weighted by Gasteiger charge is 2.33. The molecule has 2 aromatic carbocycles. The number of halogens is 1. The lowest BCUT2D eigenvalue weighted by Gasteiger charge is -2.30. The molecule has 1 fully saturated rings. The molecule has 4 rings (SSSR count). The second-order valence-electron chi connectivity index (χ2n) is 8.33. The number of methoxy groups -OCH3 is 1. The van der Waals surface area contributed by atoms with Crippen molar-refractivity contribution in [2.24, 2.45) is 0 Å². The number of rotatable bonds is 10. The van der Waals surface area contributed by atoms with E-state index in [1.165, 1.54) is 12.1 Å². The molecule has 0 saturated carbocycles. The Hall–Kier alpha value is -3.14. The average Bonchev–Trinajstić information content (AvgIpc) is 3.29. The predicted octanol–water partition coefficient (Wildman–Crippen LogP) is 2.75. The molecule has 3 aromatic rings. The van der Waals surface area contributed by atoms with Gasteiger partial charge in [-0.05, 0) is 48.0 Å². The smallest absolute Gasteiger partial charge is 0.161 e. The first-order valence-electron chi connectivity index (χ1n) is 11.2. The minimum absolute atomic E-state index is 0.0431. The molecule has 2 heterocycles. The van der Waals surface area contributed by atoms with Crippen LogP contribution in [-0.4, -0.2) is 72.0 Å². The summed E-state index contributed by atoms with van der Waals surface area (Å²) in [4.78, 5) is 2.12. The fraction of sp³-hybridized carbons (Fsp3) is 0.400. The van der Waals surface area contributed by atoms with Crippen LogP contribution in [0.25, 0.3) is 0 Å². The first-order valence-corrected chi connectivity index (χ1v) is 11.2. The van der Waals surface area contributed by atoms with Crippen molar-refractivity contribution >= 4 is 0 Å². The Kier molecular flexibility index (Phi) is 7.99. The van der Waals surface area contributed by atoms with Gasteiger partial charge in [0.05, 0.1) is 26.9 Å². The Morgan fingerprint density at radius 1 is 1.15 bits per heavy atom. The van der Waals surface area contributed by atoms with Gasteiger partial charge >= 0.3 is 0 Å². The first kappa shape index (κ1) is 24.0. The van der Waals surface area contributed by atoms with Gasteiger partial charge in [-0.1, -0.05) is 6.07 Å². The van der Waals surface area contributed by atoms with Crippen LogP contribution in [0.4, 0.5) is 4.39 Å². The van der Waals surface area contributed by atoms with E-state index in [4.69, 9.17) is 18.9 Å². The van der Waals surface area contributed by atoms with Crippen LogP contribution in [0.15, 0.2) is 60.9 Å². The van der Waals surface area contributed by atoms with Gasteiger partial charge in [0.2, 0.25) is 0 Å². The monoisotopic (exact) mass is 471 g/mol. The average molecular weight is 472 g/mol. The Morgan fingerprint density at radius 3 is 2.76 bits per heavy atom. The zero-order valence-electron chi connectivity index (χ0n) is 19.2. The van der Waals surface area contributed by atoms with Gasteiger partial charge < -0.3 is 24.1 Å². The minimum atomic E-state index is -1.19. The summed E-state index contributed by atoms with van der Waals surface area (Å²) in [7, 11) is 1.62. The first-order chi connectivity index (χ1) is 16.5. The Labute approximate surface area is 198 Å². The maximum absolute atomic E-state index is 13.1. The van der Waals surface area contributed by atoms with E-state index in [0.717, 1.165) is 5.56 Å². The van der Waals surface area contributed by atoms with E-state index in [-0.39, 0.29) is 19.0 Å². The predicted molar refractivity (Wildman–Crippen MR) is 124 cm³/mol. The second kappa shape index (κ2) is 11.3. The third-order valence-corrected chi connectivity index (χ3v) is 5.53. The van der Waals surface area contributed by atoms with Crippen LogP contribution in [0.2, 0.25) is 0 Å². The van der Waals surface area contributed by atoms with Crippen LogP contribution in [0.1, 0.15) is 5.56 Å². The van der Waals surface area contributed by atoms with Crippen molar-refractivity contribution in [1.29, 1.82) is 0 Å². The van der Waals surface area contributed by atoms with Gasteiger partial charge in [0, 0.05) is 32.0 Å². The molecule has 1 aromatic heterocycles. The maximum Gasteiger partial charge on any atom is 0.161 e. The van der Waals surface area contributed by atoms with Crippen LogP contribution in [0.5, 0.6) is 17.2 Å². The SMILES string of the molecule is COc1cc(CN2CCOC[C@](O)(COc3ccc(F)cc3)C2)ccc1OCCn1cccn1. The quantitative estimate of drug-likeness (QED) is 0.487. The van der Waals surface area contributed by atoms with Crippen LogP contribution in [0.3, 0.4) is 0 Å². The van der Waals surface area contributed by atoms with Gasteiger partial charge in [0.15, 0.2) is 11.5 Å². The molecule has 34 heavy (non-hydrogen) atoms. The van der Waals surface area contributed by atoms with Gasteiger partial charge in [0.25, 0.3) is 0 Å². The summed E-state index contributed by atoms with van der Waals surface area (Å²) in [6.07, 6.45) is 3.62. The molecule has 0 amide bonds. The van der Waals surface area contributed by atoms with Crippen molar-refractivity contribution in [3.05, 3.63) is 72.3 Å². The highest BCUT2D eigenvalue weighted by molar-refractivity contribution is 5.43. The second-order valence-corrected chi connectivity index (χ2v) is 8.33. The van der Waals surface area contributed by atoms with E-state index in [9.17, 15) is 9.50 Å². The summed E-state index contributed by atoms with van der Waals surface area (Å²) in [5, 5.41) is 15.3. The molecular formula is C25H30FN3O5. The normalized spacial score (nSPS) is 18.9. The summed E-state index contributed by atoms with van der Waals surface area (Å²) in [5.74, 6) is 1.49. The number of ether oxygens (including phenoxy) is 4. The van der Waals surface area contributed by atoms with Crippen LogP contribution < -0.4 is 14.2 Å². The van der Waals surface area contributed by atoms with Crippen LogP contribution in [-0.2, 0) is 17.8 Å². The third-order valence-electron chi connectivity index (χ3n) is 5.53. The molecule has 1 atom stereocenters. The van der Waals surface area contributed by atoms with Gasteiger partial charge in [-0.15, -0.1) is 0 Å². The molecule has 8 nitrogen and oxygen atoms in total. The molecule has 1 aliphatic heterocycles. The van der Waals surface area contributed by atoms with Gasteiger partial charge in [0.1, 0.15) is 30.4 Å². The molecule has 1 saturated heterocycles. The van der Waals surface area contributed by atoms with Gasteiger partial charge in [-0.3, -0.25) is 9.58 Å². The number of β-amino-alcohol motifs (C(OH)–C–C–N with tert-alkyl or cyclic N) is 1. The van der Waals surface area contributed by atoms with E-state index in [1.807, 2.05) is 35.1 Å². The highest BCUT2D eigenvalue weighted by atomic mass is 19.1. The van der Waals surface area contributed by atoms with E-state index >= 15 is 0 Å². The van der Waals surface area contributed by atoms with Gasteiger partial charge in [-0.2, -0.15) is 5.10 Å². The largest absolute Gasteiger partial charge is 0.493 e. The number of benzene rings is 2. The molecule has 182 valence electrons. The highest BCUT2D eigenvalue weighted by Crippen LogP contribution is 2.29. The summed E-state index contributed by atoms with van der Waals surface area (Å²) < 4.78 is 37.7. The zero-order valence-corrected chi connectivity index (χ0v) is 19.2. The standard InChI is InChI=1S/C25H30FN3O5/c1-31-24-15-20(3-8-23(24)33-14-12-29-10-2-9-27-29)16-28-11-13-32-18-25(30,17-28)19-34-22-6-4-21(26)5-7-22/h2-10,15,30H,11-14,16-19H2,1H3/t25-/m0/s1. The summed E-state index contributed by atoms with van der Waals surface area (Å²) in [6, 6.07) is 13.4. The Morgan fingerprint density at radius 2 is 2.00 bits per heavy atom. The summed E-state index contributed by atoms with van der Waals surface area (Å²) in [5.41, 5.74) is -0.162. The van der Waals surface area contributed by atoms with E-state index in [0.29, 0.717) is 56.6 Å². The van der Waals surface area contributed by atoms with E-state index < -0.39 is 5.60 Å². The Balaban J connectivity index is 1.34.